The van der Waals surface area contributed by atoms with Crippen molar-refractivity contribution < 1.29 is 4.74 Å². The molecule has 0 fully saturated rings. The molecule has 0 saturated heterocycles. The zero-order chi connectivity index (χ0) is 13.4. The van der Waals surface area contributed by atoms with Crippen LogP contribution in [0.15, 0.2) is 12.4 Å². The molecule has 0 spiro atoms. The van der Waals surface area contributed by atoms with E-state index in [1.54, 1.807) is 6.07 Å². The Hall–Kier alpha value is -0.740. The van der Waals surface area contributed by atoms with Crippen LogP contribution in [0.5, 0.6) is 5.88 Å². The average molecular weight is 292 g/mol. The second-order valence-electron chi connectivity index (χ2n) is 4.12. The van der Waals surface area contributed by atoms with Crippen molar-refractivity contribution in [2.75, 3.05) is 23.7 Å². The Kier molecular flexibility index (Phi) is 6.50. The summed E-state index contributed by atoms with van der Waals surface area (Å²) < 4.78 is 5.45. The van der Waals surface area contributed by atoms with Crippen molar-refractivity contribution >= 4 is 29.0 Å². The maximum absolute atomic E-state index is 5.98. The fourth-order valence-electron chi connectivity index (χ4n) is 1.34. The van der Waals surface area contributed by atoms with Crippen LogP contribution in [-0.2, 0) is 0 Å². The first-order chi connectivity index (χ1) is 8.69. The number of aromatic nitrogens is 2. The molecule has 0 aliphatic heterocycles. The lowest BCUT2D eigenvalue weighted by molar-refractivity contribution is 0.305. The zero-order valence-electron chi connectivity index (χ0n) is 10.7. The van der Waals surface area contributed by atoms with Gasteiger partial charge in [-0.15, -0.1) is 23.2 Å². The van der Waals surface area contributed by atoms with Crippen molar-refractivity contribution in [2.24, 2.45) is 0 Å². The number of anilines is 1. The van der Waals surface area contributed by atoms with Crippen LogP contribution in [0.25, 0.3) is 0 Å². The Morgan fingerprint density at radius 1 is 1.28 bits per heavy atom. The Morgan fingerprint density at radius 3 is 2.56 bits per heavy atom. The first kappa shape index (κ1) is 15.3. The molecule has 0 saturated carbocycles. The Bertz CT molecular complexity index is 351. The SMILES string of the molecule is CCCOc1cc(NC(CC)(CCl)CCl)ncn1. The predicted octanol–water partition coefficient (Wildman–Crippen LogP) is 3.30. The highest BCUT2D eigenvalue weighted by atomic mass is 35.5. The lowest BCUT2D eigenvalue weighted by Crippen LogP contribution is -2.42. The summed E-state index contributed by atoms with van der Waals surface area (Å²) in [5.41, 5.74) is -0.348. The molecule has 0 aliphatic carbocycles. The van der Waals surface area contributed by atoms with Gasteiger partial charge in [-0.3, -0.25) is 0 Å². The van der Waals surface area contributed by atoms with E-state index in [9.17, 15) is 0 Å². The van der Waals surface area contributed by atoms with E-state index >= 15 is 0 Å². The maximum atomic E-state index is 5.98. The van der Waals surface area contributed by atoms with Gasteiger partial charge in [0.25, 0.3) is 0 Å². The Labute approximate surface area is 118 Å². The summed E-state index contributed by atoms with van der Waals surface area (Å²) in [6.07, 6.45) is 3.22. The van der Waals surface area contributed by atoms with Gasteiger partial charge in [0.2, 0.25) is 5.88 Å². The summed E-state index contributed by atoms with van der Waals surface area (Å²) in [4.78, 5) is 8.20. The van der Waals surface area contributed by atoms with Crippen molar-refractivity contribution in [3.63, 3.8) is 0 Å². The number of hydrogen-bond acceptors (Lipinski definition) is 4. The standard InChI is InChI=1S/C12H19Cl2N3O/c1-3-5-18-11-6-10(15-9-16-11)17-12(4-2,7-13)8-14/h6,9H,3-5,7-8H2,1-2H3,(H,15,16,17). The summed E-state index contributed by atoms with van der Waals surface area (Å²) in [6.45, 7) is 4.72. The minimum atomic E-state index is -0.348. The second-order valence-corrected chi connectivity index (χ2v) is 4.65. The van der Waals surface area contributed by atoms with Crippen LogP contribution in [0.3, 0.4) is 0 Å². The molecule has 6 heteroatoms. The van der Waals surface area contributed by atoms with E-state index in [0.29, 0.717) is 30.1 Å². The molecule has 4 nitrogen and oxygen atoms in total. The highest BCUT2D eigenvalue weighted by molar-refractivity contribution is 6.22. The molecule has 1 heterocycles. The normalized spacial score (nSPS) is 11.3. The first-order valence-corrected chi connectivity index (χ1v) is 7.11. The van der Waals surface area contributed by atoms with Gasteiger partial charge in [-0.2, -0.15) is 0 Å². The molecule has 0 radical (unpaired) electrons. The second kappa shape index (κ2) is 7.64. The highest BCUT2D eigenvalue weighted by Gasteiger charge is 2.26. The fraction of sp³-hybridized carbons (Fsp3) is 0.667. The van der Waals surface area contributed by atoms with Crippen molar-refractivity contribution in [2.45, 2.75) is 32.2 Å². The summed E-state index contributed by atoms with van der Waals surface area (Å²) in [5, 5.41) is 3.26. The summed E-state index contributed by atoms with van der Waals surface area (Å²) >= 11 is 12.0. The monoisotopic (exact) mass is 291 g/mol. The van der Waals surface area contributed by atoms with Gasteiger partial charge in [0.1, 0.15) is 12.1 Å². The fourth-order valence-corrected chi connectivity index (χ4v) is 2.14. The minimum Gasteiger partial charge on any atom is -0.478 e. The Morgan fingerprint density at radius 2 is 2.00 bits per heavy atom. The zero-order valence-corrected chi connectivity index (χ0v) is 12.3. The molecule has 1 N–H and O–H groups in total. The van der Waals surface area contributed by atoms with Crippen LogP contribution in [0.2, 0.25) is 0 Å². The van der Waals surface area contributed by atoms with Crippen LogP contribution < -0.4 is 10.1 Å². The summed E-state index contributed by atoms with van der Waals surface area (Å²) in [5.74, 6) is 2.08. The van der Waals surface area contributed by atoms with E-state index in [-0.39, 0.29) is 5.54 Å². The topological polar surface area (TPSA) is 47.0 Å². The van der Waals surface area contributed by atoms with Gasteiger partial charge < -0.3 is 10.1 Å². The molecule has 0 aliphatic rings. The van der Waals surface area contributed by atoms with Gasteiger partial charge in [0.15, 0.2) is 0 Å². The average Bonchev–Trinajstić information content (AvgIpc) is 2.43. The van der Waals surface area contributed by atoms with Crippen LogP contribution in [0.4, 0.5) is 5.82 Å². The van der Waals surface area contributed by atoms with E-state index in [4.69, 9.17) is 27.9 Å². The van der Waals surface area contributed by atoms with Crippen molar-refractivity contribution in [1.29, 1.82) is 0 Å². The number of nitrogens with zero attached hydrogens (tertiary/aromatic N) is 2. The molecule has 0 atom stereocenters. The van der Waals surface area contributed by atoms with Crippen molar-refractivity contribution in [1.82, 2.24) is 9.97 Å². The molecule has 0 amide bonds. The third-order valence-electron chi connectivity index (χ3n) is 2.68. The lowest BCUT2D eigenvalue weighted by atomic mass is 10.0. The van der Waals surface area contributed by atoms with Gasteiger partial charge in [0, 0.05) is 17.8 Å². The molecule has 102 valence electrons. The molecule has 0 aromatic carbocycles. The van der Waals surface area contributed by atoms with Gasteiger partial charge in [-0.05, 0) is 12.8 Å². The maximum Gasteiger partial charge on any atom is 0.218 e. The lowest BCUT2D eigenvalue weighted by Gasteiger charge is -2.30. The van der Waals surface area contributed by atoms with Gasteiger partial charge >= 0.3 is 0 Å². The van der Waals surface area contributed by atoms with Gasteiger partial charge in [0.05, 0.1) is 12.1 Å². The van der Waals surface area contributed by atoms with Crippen molar-refractivity contribution in [3.05, 3.63) is 12.4 Å². The number of hydrogen-bond donors (Lipinski definition) is 1. The smallest absolute Gasteiger partial charge is 0.218 e. The molecule has 0 bridgehead atoms. The van der Waals surface area contributed by atoms with Crippen LogP contribution in [0, 0.1) is 0 Å². The minimum absolute atomic E-state index is 0.348. The molecule has 18 heavy (non-hydrogen) atoms. The third kappa shape index (κ3) is 4.18. The Balaban J connectivity index is 2.77. The molecular formula is C12H19Cl2N3O. The molecule has 0 unspecified atom stereocenters. The number of ether oxygens (including phenoxy) is 1. The van der Waals surface area contributed by atoms with E-state index < -0.39 is 0 Å². The van der Waals surface area contributed by atoms with Gasteiger partial charge in [-0.25, -0.2) is 9.97 Å². The van der Waals surface area contributed by atoms with E-state index in [1.165, 1.54) is 6.33 Å². The van der Waals surface area contributed by atoms with Crippen LogP contribution in [0.1, 0.15) is 26.7 Å². The number of halogens is 2. The van der Waals surface area contributed by atoms with Crippen LogP contribution >= 0.6 is 23.2 Å². The third-order valence-corrected chi connectivity index (χ3v) is 3.70. The first-order valence-electron chi connectivity index (χ1n) is 6.04. The summed E-state index contributed by atoms with van der Waals surface area (Å²) in [7, 11) is 0. The largest absolute Gasteiger partial charge is 0.478 e. The molecule has 1 aromatic rings. The molecule has 1 rings (SSSR count). The van der Waals surface area contributed by atoms with E-state index in [2.05, 4.69) is 15.3 Å². The van der Waals surface area contributed by atoms with E-state index in [0.717, 1.165) is 12.8 Å². The predicted molar refractivity (Wildman–Crippen MR) is 75.9 cm³/mol. The number of rotatable bonds is 8. The molecule has 1 aromatic heterocycles. The van der Waals surface area contributed by atoms with Gasteiger partial charge in [-0.1, -0.05) is 13.8 Å². The number of alkyl halides is 2. The number of nitrogens with one attached hydrogen (secondary N) is 1. The van der Waals surface area contributed by atoms with Crippen molar-refractivity contribution in [3.8, 4) is 5.88 Å². The van der Waals surface area contributed by atoms with Crippen LogP contribution in [-0.4, -0.2) is 33.9 Å². The molecular weight excluding hydrogens is 273 g/mol. The quantitative estimate of drug-likeness (QED) is 0.747. The summed E-state index contributed by atoms with van der Waals surface area (Å²) in [6, 6.07) is 1.76. The van der Waals surface area contributed by atoms with E-state index in [1.807, 2.05) is 13.8 Å². The highest BCUT2D eigenvalue weighted by Crippen LogP contribution is 2.22.